The van der Waals surface area contributed by atoms with Gasteiger partial charge in [-0.2, -0.15) is 0 Å². The van der Waals surface area contributed by atoms with E-state index in [1.54, 1.807) is 0 Å². The van der Waals surface area contributed by atoms with Crippen molar-refractivity contribution in [2.45, 2.75) is 0 Å². The Morgan fingerprint density at radius 2 is 0.625 bits per heavy atom. The summed E-state index contributed by atoms with van der Waals surface area (Å²) in [4.78, 5) is 5.42. The molecule has 8 aromatic rings. The summed E-state index contributed by atoms with van der Waals surface area (Å²) in [6.45, 7) is 0. The molecule has 1 heterocycles. The Hall–Kier alpha value is -4.28. The lowest BCUT2D eigenvalue weighted by molar-refractivity contribution is 1.55. The molecule has 0 bridgehead atoms. The number of hydrogen-bond donors (Lipinski definition) is 0. The van der Waals surface area contributed by atoms with E-state index in [9.17, 15) is 0 Å². The van der Waals surface area contributed by atoms with Crippen LogP contribution in [0.1, 0.15) is 0 Å². The van der Waals surface area contributed by atoms with Crippen LogP contribution in [-0.4, -0.2) is 4.98 Å². The van der Waals surface area contributed by atoms with Crippen molar-refractivity contribution < 1.29 is 0 Å². The molecule has 0 aliphatic rings. The summed E-state index contributed by atoms with van der Waals surface area (Å²) in [5, 5.41) is 11.0. The minimum atomic E-state index is -1.02. The third-order valence-corrected chi connectivity index (χ3v) is 17.5. The maximum atomic E-state index is 5.42. The molecular formula is C43H32NP3S. The Labute approximate surface area is 290 Å². The molecule has 8 rings (SSSR count). The van der Waals surface area contributed by atoms with Crippen LogP contribution in [0.4, 0.5) is 0 Å². The Morgan fingerprint density at radius 1 is 0.312 bits per heavy atom. The zero-order valence-corrected chi connectivity index (χ0v) is 29.7. The molecule has 7 aromatic carbocycles. The van der Waals surface area contributed by atoms with Crippen LogP contribution in [0.3, 0.4) is 0 Å². The number of rotatable bonds is 9. The van der Waals surface area contributed by atoms with E-state index in [0.717, 1.165) is 5.52 Å². The molecule has 48 heavy (non-hydrogen) atoms. The van der Waals surface area contributed by atoms with Crippen LogP contribution in [0, 0.1) is 0 Å². The van der Waals surface area contributed by atoms with Crippen LogP contribution in [-0.2, 0) is 0 Å². The molecule has 0 N–H and O–H groups in total. The van der Waals surface area contributed by atoms with E-state index in [0.29, 0.717) is 0 Å². The summed E-state index contributed by atoms with van der Waals surface area (Å²) in [7, 11) is -2.66. The van der Waals surface area contributed by atoms with E-state index >= 15 is 0 Å². The standard InChI is InChI=1S/C43H32NP3S/c1-5-19-33(20-6-1)45(34-21-7-2-8-22-34)38-28-14-16-30-40(38)47(43-44-37-27-13-18-32-42(37)48-43)41-31-17-15-29-39(41)46(35-23-9-3-10-24-35)36-25-11-4-12-26-36/h1-32H. The Bertz CT molecular complexity index is 2020. The molecule has 0 unspecified atom stereocenters. The average molecular weight is 688 g/mol. The Morgan fingerprint density at radius 3 is 1.00 bits per heavy atom. The molecule has 1 nitrogen and oxygen atoms in total. The fourth-order valence-electron chi connectivity index (χ4n) is 6.14. The molecular weight excluding hydrogens is 655 g/mol. The van der Waals surface area contributed by atoms with E-state index < -0.39 is 23.8 Å². The number of hydrogen-bond acceptors (Lipinski definition) is 2. The quantitative estimate of drug-likeness (QED) is 0.143. The number of benzene rings is 7. The third-order valence-electron chi connectivity index (χ3n) is 8.26. The molecule has 0 aliphatic heterocycles. The smallest absolute Gasteiger partial charge is 0.125 e. The van der Waals surface area contributed by atoms with Crippen molar-refractivity contribution in [1.29, 1.82) is 0 Å². The topological polar surface area (TPSA) is 12.9 Å². The van der Waals surface area contributed by atoms with Crippen LogP contribution < -0.4 is 47.2 Å². The van der Waals surface area contributed by atoms with Crippen molar-refractivity contribution in [2.24, 2.45) is 0 Å². The molecule has 0 saturated carbocycles. The second-order valence-electron chi connectivity index (χ2n) is 11.3. The summed E-state index contributed by atoms with van der Waals surface area (Å²) in [6.07, 6.45) is 0. The lowest BCUT2D eigenvalue weighted by Crippen LogP contribution is -2.39. The third kappa shape index (κ3) is 6.31. The van der Waals surface area contributed by atoms with Gasteiger partial charge in [0.05, 0.1) is 10.2 Å². The highest BCUT2D eigenvalue weighted by atomic mass is 32.1. The van der Waals surface area contributed by atoms with Gasteiger partial charge in [0.2, 0.25) is 0 Å². The number of fused-ring (bicyclic) bond motifs is 1. The average Bonchev–Trinajstić information content (AvgIpc) is 3.59. The predicted molar refractivity (Wildman–Crippen MR) is 216 cm³/mol. The van der Waals surface area contributed by atoms with Gasteiger partial charge < -0.3 is 0 Å². The fourth-order valence-corrected chi connectivity index (χ4v) is 15.9. The SMILES string of the molecule is c1ccc(P(c2ccccc2)c2ccccc2P(c2nc3ccccc3s2)c2ccccc2P(c2ccccc2)c2ccccc2)cc1. The number of thiazole rings is 1. The van der Waals surface area contributed by atoms with E-state index in [2.05, 4.69) is 194 Å². The molecule has 0 atom stereocenters. The van der Waals surface area contributed by atoms with Crippen molar-refractivity contribution in [1.82, 2.24) is 4.98 Å². The van der Waals surface area contributed by atoms with Gasteiger partial charge in [0.15, 0.2) is 0 Å². The van der Waals surface area contributed by atoms with Gasteiger partial charge in [-0.3, -0.25) is 0 Å². The zero-order chi connectivity index (χ0) is 32.1. The minimum Gasteiger partial charge on any atom is -0.236 e. The van der Waals surface area contributed by atoms with Crippen LogP contribution in [0.15, 0.2) is 194 Å². The van der Waals surface area contributed by atoms with E-state index in [4.69, 9.17) is 4.98 Å². The molecule has 1 aromatic heterocycles. The van der Waals surface area contributed by atoms with Crippen molar-refractivity contribution in [3.63, 3.8) is 0 Å². The monoisotopic (exact) mass is 687 g/mol. The molecule has 0 amide bonds. The van der Waals surface area contributed by atoms with Crippen LogP contribution in [0.2, 0.25) is 0 Å². The molecule has 0 aliphatic carbocycles. The van der Waals surface area contributed by atoms with Gasteiger partial charge >= 0.3 is 0 Å². The van der Waals surface area contributed by atoms with Gasteiger partial charge in [0.25, 0.3) is 0 Å². The highest BCUT2D eigenvalue weighted by Crippen LogP contribution is 2.43. The summed E-state index contributed by atoms with van der Waals surface area (Å²) >= 11 is 1.85. The lowest BCUT2D eigenvalue weighted by atomic mass is 10.3. The first-order valence-electron chi connectivity index (χ1n) is 16.0. The molecule has 5 heteroatoms. The van der Waals surface area contributed by atoms with Crippen LogP contribution in [0.25, 0.3) is 10.2 Å². The highest BCUT2D eigenvalue weighted by Gasteiger charge is 2.31. The second kappa shape index (κ2) is 14.5. The number of aromatic nitrogens is 1. The van der Waals surface area contributed by atoms with E-state index in [-0.39, 0.29) is 0 Å². The predicted octanol–water partition coefficient (Wildman–Crippen LogP) is 7.57. The van der Waals surface area contributed by atoms with Gasteiger partial charge in [-0.1, -0.05) is 182 Å². The number of nitrogens with zero attached hydrogens (tertiary/aromatic N) is 1. The largest absolute Gasteiger partial charge is 0.236 e. The molecule has 0 spiro atoms. The summed E-state index contributed by atoms with van der Waals surface area (Å²) in [5.41, 5.74) is 1.07. The molecule has 0 radical (unpaired) electrons. The van der Waals surface area contributed by atoms with Gasteiger partial charge in [0.1, 0.15) is 4.75 Å². The zero-order valence-electron chi connectivity index (χ0n) is 26.2. The highest BCUT2D eigenvalue weighted by molar-refractivity contribution is 7.90. The lowest BCUT2D eigenvalue weighted by Gasteiger charge is -2.29. The van der Waals surface area contributed by atoms with Crippen LogP contribution >= 0.6 is 35.1 Å². The maximum Gasteiger partial charge on any atom is 0.125 e. The fraction of sp³-hybridized carbons (Fsp3) is 0. The van der Waals surface area contributed by atoms with Crippen molar-refractivity contribution in [2.75, 3.05) is 0 Å². The van der Waals surface area contributed by atoms with Crippen molar-refractivity contribution >= 4 is 92.5 Å². The summed E-state index contributed by atoms with van der Waals surface area (Å²) in [5.74, 6) is 0. The Kier molecular flexibility index (Phi) is 9.34. The van der Waals surface area contributed by atoms with Gasteiger partial charge in [-0.25, -0.2) is 4.98 Å². The molecule has 0 saturated heterocycles. The van der Waals surface area contributed by atoms with Crippen molar-refractivity contribution in [3.05, 3.63) is 194 Å². The summed E-state index contributed by atoms with van der Waals surface area (Å²) in [6, 6.07) is 71.3. The molecule has 0 fully saturated rings. The van der Waals surface area contributed by atoms with E-state index in [1.807, 2.05) is 11.3 Å². The van der Waals surface area contributed by atoms with Gasteiger partial charge in [0, 0.05) is 7.92 Å². The Balaban J connectivity index is 1.41. The second-order valence-corrected chi connectivity index (χ2v) is 19.1. The van der Waals surface area contributed by atoms with Crippen LogP contribution in [0.5, 0.6) is 0 Å². The van der Waals surface area contributed by atoms with Gasteiger partial charge in [-0.15, -0.1) is 11.3 Å². The first-order chi connectivity index (χ1) is 23.8. The minimum absolute atomic E-state index is 0.818. The normalized spacial score (nSPS) is 11.5. The maximum absolute atomic E-state index is 5.42. The first-order valence-corrected chi connectivity index (χ1v) is 20.8. The molecule has 230 valence electrons. The first kappa shape index (κ1) is 31.0. The van der Waals surface area contributed by atoms with Gasteiger partial charge in [-0.05, 0) is 70.4 Å². The van der Waals surface area contributed by atoms with E-state index in [1.165, 1.54) is 51.9 Å². The number of para-hydroxylation sites is 1. The van der Waals surface area contributed by atoms with Crippen molar-refractivity contribution in [3.8, 4) is 0 Å². The summed E-state index contributed by atoms with van der Waals surface area (Å²) < 4.78 is 2.43.